The van der Waals surface area contributed by atoms with Gasteiger partial charge in [0.1, 0.15) is 0 Å². The van der Waals surface area contributed by atoms with E-state index in [0.717, 1.165) is 19.5 Å². The van der Waals surface area contributed by atoms with Gasteiger partial charge in [0.15, 0.2) is 0 Å². The predicted octanol–water partition coefficient (Wildman–Crippen LogP) is 1.45. The molecule has 1 fully saturated rings. The molecule has 0 bridgehead atoms. The van der Waals surface area contributed by atoms with Gasteiger partial charge in [-0.3, -0.25) is 9.69 Å². The molecule has 0 aromatic heterocycles. The Morgan fingerprint density at radius 1 is 1.28 bits per heavy atom. The SMILES string of the molecule is CCN(CC(=O)N(C)CCCN)C1CCCCC1. The fourth-order valence-corrected chi connectivity index (χ4v) is 2.69. The van der Waals surface area contributed by atoms with Crippen LogP contribution >= 0.6 is 0 Å². The largest absolute Gasteiger partial charge is 0.345 e. The van der Waals surface area contributed by atoms with Crippen molar-refractivity contribution in [2.75, 3.05) is 33.2 Å². The van der Waals surface area contributed by atoms with Crippen LogP contribution in [0.5, 0.6) is 0 Å². The summed E-state index contributed by atoms with van der Waals surface area (Å²) >= 11 is 0. The van der Waals surface area contributed by atoms with E-state index in [0.29, 0.717) is 19.1 Å². The average Bonchev–Trinajstić information content (AvgIpc) is 2.42. The number of likely N-dealkylation sites (N-methyl/N-ethyl adjacent to an activating group) is 2. The molecule has 0 aliphatic heterocycles. The number of hydrogen-bond acceptors (Lipinski definition) is 3. The maximum Gasteiger partial charge on any atom is 0.236 e. The zero-order chi connectivity index (χ0) is 13.4. The third-order valence-electron chi connectivity index (χ3n) is 3.96. The van der Waals surface area contributed by atoms with Gasteiger partial charge in [0.2, 0.25) is 5.91 Å². The molecule has 106 valence electrons. The number of nitrogens with two attached hydrogens (primary N) is 1. The van der Waals surface area contributed by atoms with Crippen molar-refractivity contribution in [3.8, 4) is 0 Å². The van der Waals surface area contributed by atoms with Crippen molar-refractivity contribution in [1.82, 2.24) is 9.80 Å². The van der Waals surface area contributed by atoms with E-state index in [9.17, 15) is 4.79 Å². The Balaban J connectivity index is 2.38. The van der Waals surface area contributed by atoms with E-state index in [1.54, 1.807) is 0 Å². The molecule has 1 rings (SSSR count). The summed E-state index contributed by atoms with van der Waals surface area (Å²) in [5.74, 6) is 0.232. The zero-order valence-corrected chi connectivity index (χ0v) is 12.0. The molecule has 0 spiro atoms. The van der Waals surface area contributed by atoms with Crippen LogP contribution < -0.4 is 5.73 Å². The number of hydrogen-bond donors (Lipinski definition) is 1. The molecule has 4 heteroatoms. The fourth-order valence-electron chi connectivity index (χ4n) is 2.69. The van der Waals surface area contributed by atoms with Gasteiger partial charge in [-0.15, -0.1) is 0 Å². The van der Waals surface area contributed by atoms with Gasteiger partial charge < -0.3 is 10.6 Å². The molecule has 0 saturated heterocycles. The first-order valence-electron chi connectivity index (χ1n) is 7.37. The smallest absolute Gasteiger partial charge is 0.236 e. The van der Waals surface area contributed by atoms with E-state index >= 15 is 0 Å². The first-order chi connectivity index (χ1) is 8.69. The molecular weight excluding hydrogens is 226 g/mol. The molecule has 0 heterocycles. The molecule has 1 aliphatic rings. The van der Waals surface area contributed by atoms with Crippen molar-refractivity contribution in [2.45, 2.75) is 51.5 Å². The van der Waals surface area contributed by atoms with Crippen LogP contribution in [0.3, 0.4) is 0 Å². The summed E-state index contributed by atoms with van der Waals surface area (Å²) in [7, 11) is 1.88. The third-order valence-corrected chi connectivity index (χ3v) is 3.96. The standard InChI is InChI=1S/C14H29N3O/c1-3-17(13-8-5-4-6-9-13)12-14(18)16(2)11-7-10-15/h13H,3-12,15H2,1-2H3. The van der Waals surface area contributed by atoms with E-state index in [2.05, 4.69) is 11.8 Å². The highest BCUT2D eigenvalue weighted by Crippen LogP contribution is 2.22. The summed E-state index contributed by atoms with van der Waals surface area (Å²) in [6.45, 7) is 5.13. The third kappa shape index (κ3) is 4.94. The van der Waals surface area contributed by atoms with Crippen LogP contribution in [0, 0.1) is 0 Å². The minimum Gasteiger partial charge on any atom is -0.345 e. The van der Waals surface area contributed by atoms with Crippen LogP contribution in [0.15, 0.2) is 0 Å². The molecule has 0 unspecified atom stereocenters. The lowest BCUT2D eigenvalue weighted by molar-refractivity contribution is -0.131. The van der Waals surface area contributed by atoms with Crippen molar-refractivity contribution in [3.63, 3.8) is 0 Å². The van der Waals surface area contributed by atoms with Gasteiger partial charge >= 0.3 is 0 Å². The minimum atomic E-state index is 0.232. The van der Waals surface area contributed by atoms with E-state index in [1.165, 1.54) is 32.1 Å². The van der Waals surface area contributed by atoms with Gasteiger partial charge in [-0.05, 0) is 32.4 Å². The van der Waals surface area contributed by atoms with Gasteiger partial charge in [-0.1, -0.05) is 26.2 Å². The Morgan fingerprint density at radius 2 is 1.94 bits per heavy atom. The highest BCUT2D eigenvalue weighted by molar-refractivity contribution is 5.78. The molecule has 0 atom stereocenters. The second kappa shape index (κ2) is 8.48. The molecule has 0 aromatic rings. The Bertz CT molecular complexity index is 239. The molecule has 1 amide bonds. The van der Waals surface area contributed by atoms with Crippen molar-refractivity contribution in [3.05, 3.63) is 0 Å². The molecule has 1 saturated carbocycles. The average molecular weight is 255 g/mol. The van der Waals surface area contributed by atoms with Crippen LogP contribution in [-0.4, -0.2) is 55.0 Å². The van der Waals surface area contributed by atoms with Crippen molar-refractivity contribution < 1.29 is 4.79 Å². The highest BCUT2D eigenvalue weighted by atomic mass is 16.2. The molecule has 0 aromatic carbocycles. The molecule has 2 N–H and O–H groups in total. The van der Waals surface area contributed by atoms with E-state index in [1.807, 2.05) is 11.9 Å². The van der Waals surface area contributed by atoms with Crippen molar-refractivity contribution in [2.24, 2.45) is 5.73 Å². The number of carbonyl (C=O) groups excluding carboxylic acids is 1. The molecule has 4 nitrogen and oxygen atoms in total. The first kappa shape index (κ1) is 15.4. The van der Waals surface area contributed by atoms with Crippen molar-refractivity contribution in [1.29, 1.82) is 0 Å². The number of rotatable bonds is 7. The first-order valence-corrected chi connectivity index (χ1v) is 7.37. The predicted molar refractivity (Wildman–Crippen MR) is 75.4 cm³/mol. The van der Waals surface area contributed by atoms with E-state index in [4.69, 9.17) is 5.73 Å². The van der Waals surface area contributed by atoms with E-state index < -0.39 is 0 Å². The van der Waals surface area contributed by atoms with Crippen LogP contribution in [0.25, 0.3) is 0 Å². The zero-order valence-electron chi connectivity index (χ0n) is 12.0. The lowest BCUT2D eigenvalue weighted by Crippen LogP contribution is -2.44. The van der Waals surface area contributed by atoms with Crippen LogP contribution in [-0.2, 0) is 4.79 Å². The van der Waals surface area contributed by atoms with Crippen LogP contribution in [0.2, 0.25) is 0 Å². The monoisotopic (exact) mass is 255 g/mol. The van der Waals surface area contributed by atoms with Gasteiger partial charge in [-0.25, -0.2) is 0 Å². The van der Waals surface area contributed by atoms with Gasteiger partial charge in [0.25, 0.3) is 0 Å². The number of amides is 1. The maximum absolute atomic E-state index is 12.1. The summed E-state index contributed by atoms with van der Waals surface area (Å²) in [4.78, 5) is 16.3. The number of carbonyl (C=O) groups is 1. The summed E-state index contributed by atoms with van der Waals surface area (Å²) in [6.07, 6.45) is 7.40. The molecule has 0 radical (unpaired) electrons. The van der Waals surface area contributed by atoms with Gasteiger partial charge in [0, 0.05) is 19.6 Å². The maximum atomic E-state index is 12.1. The lowest BCUT2D eigenvalue weighted by Gasteiger charge is -2.34. The highest BCUT2D eigenvalue weighted by Gasteiger charge is 2.22. The molecule has 1 aliphatic carbocycles. The Labute approximate surface area is 111 Å². The van der Waals surface area contributed by atoms with Gasteiger partial charge in [-0.2, -0.15) is 0 Å². The minimum absolute atomic E-state index is 0.232. The summed E-state index contributed by atoms with van der Waals surface area (Å²) in [6, 6.07) is 0.621. The second-order valence-corrected chi connectivity index (χ2v) is 5.31. The van der Waals surface area contributed by atoms with Crippen LogP contribution in [0.1, 0.15) is 45.4 Å². The number of nitrogens with zero attached hydrogens (tertiary/aromatic N) is 2. The van der Waals surface area contributed by atoms with Crippen LogP contribution in [0.4, 0.5) is 0 Å². The summed E-state index contributed by atoms with van der Waals surface area (Å²) < 4.78 is 0. The van der Waals surface area contributed by atoms with E-state index in [-0.39, 0.29) is 5.91 Å². The topological polar surface area (TPSA) is 49.6 Å². The summed E-state index contributed by atoms with van der Waals surface area (Å²) in [5, 5.41) is 0. The molecule has 18 heavy (non-hydrogen) atoms. The fraction of sp³-hybridized carbons (Fsp3) is 0.929. The Kier molecular flexibility index (Phi) is 7.28. The Morgan fingerprint density at radius 3 is 2.50 bits per heavy atom. The van der Waals surface area contributed by atoms with Gasteiger partial charge in [0.05, 0.1) is 6.54 Å². The molecular formula is C14H29N3O. The van der Waals surface area contributed by atoms with Crippen molar-refractivity contribution >= 4 is 5.91 Å². The quantitative estimate of drug-likeness (QED) is 0.749. The lowest BCUT2D eigenvalue weighted by atomic mass is 9.94. The Hall–Kier alpha value is -0.610. The summed E-state index contributed by atoms with van der Waals surface area (Å²) in [5.41, 5.74) is 5.47. The second-order valence-electron chi connectivity index (χ2n) is 5.31. The normalized spacial score (nSPS) is 17.1.